The summed E-state index contributed by atoms with van der Waals surface area (Å²) in [6.07, 6.45) is 1.28. The van der Waals surface area contributed by atoms with Crippen molar-refractivity contribution in [1.82, 2.24) is 10.2 Å². The fourth-order valence-corrected chi connectivity index (χ4v) is 5.85. The summed E-state index contributed by atoms with van der Waals surface area (Å²) in [5, 5.41) is 4.89. The van der Waals surface area contributed by atoms with E-state index in [1.165, 1.54) is 11.1 Å². The standard InChI is InChI=1S/C26H19Cl3FN3O5/c27-15-8-16(28)24(30)22(23(15)29)11-6-19(34)13(20(35)7-11)9-31-17-3-1-2-12-14(17)10-33(26(12)38)18-4-5-21(36)32-25(18)37/h1-3,8-9,11,18,31H,4-7,10H2,(H,32,36,37). The highest BCUT2D eigenvalue weighted by Crippen LogP contribution is 2.42. The van der Waals surface area contributed by atoms with Crippen LogP contribution < -0.4 is 10.6 Å². The number of hydrogen-bond acceptors (Lipinski definition) is 6. The molecule has 2 aliphatic heterocycles. The Morgan fingerprint density at radius 3 is 2.42 bits per heavy atom. The van der Waals surface area contributed by atoms with E-state index in [-0.39, 0.29) is 70.2 Å². The first-order valence-electron chi connectivity index (χ1n) is 11.7. The monoisotopic (exact) mass is 577 g/mol. The Morgan fingerprint density at radius 2 is 1.74 bits per heavy atom. The van der Waals surface area contributed by atoms with E-state index in [1.54, 1.807) is 18.2 Å². The Balaban J connectivity index is 1.35. The van der Waals surface area contributed by atoms with Crippen molar-refractivity contribution in [3.05, 3.63) is 73.6 Å². The van der Waals surface area contributed by atoms with Gasteiger partial charge in [0.1, 0.15) is 11.9 Å². The second-order valence-electron chi connectivity index (χ2n) is 9.27. The Hall–Kier alpha value is -3.27. The van der Waals surface area contributed by atoms with Crippen LogP contribution in [0.4, 0.5) is 10.1 Å². The number of Topliss-reactive ketones (excluding diaryl/α,β-unsaturated/α-hetero) is 2. The lowest BCUT2D eigenvalue weighted by molar-refractivity contribution is -0.137. The maximum atomic E-state index is 14.7. The molecule has 196 valence electrons. The molecular weight excluding hydrogens is 560 g/mol. The number of nitrogens with one attached hydrogen (secondary N) is 2. The lowest BCUT2D eigenvalue weighted by Crippen LogP contribution is -2.52. The van der Waals surface area contributed by atoms with E-state index >= 15 is 0 Å². The number of ketones is 2. The van der Waals surface area contributed by atoms with E-state index in [1.807, 2.05) is 0 Å². The average Bonchev–Trinajstić information content (AvgIpc) is 3.19. The molecule has 1 atom stereocenters. The summed E-state index contributed by atoms with van der Waals surface area (Å²) in [4.78, 5) is 64.1. The van der Waals surface area contributed by atoms with Gasteiger partial charge in [-0.05, 0) is 24.6 Å². The van der Waals surface area contributed by atoms with E-state index in [0.29, 0.717) is 16.8 Å². The maximum absolute atomic E-state index is 14.7. The number of benzene rings is 2. The topological polar surface area (TPSA) is 113 Å². The molecule has 2 heterocycles. The maximum Gasteiger partial charge on any atom is 0.255 e. The number of allylic oxidation sites excluding steroid dienone is 1. The molecule has 12 heteroatoms. The number of amides is 3. The minimum absolute atomic E-state index is 0.0230. The van der Waals surface area contributed by atoms with Crippen molar-refractivity contribution < 1.29 is 28.4 Å². The van der Waals surface area contributed by atoms with Crippen molar-refractivity contribution in [3.8, 4) is 0 Å². The van der Waals surface area contributed by atoms with Gasteiger partial charge in [0.2, 0.25) is 11.8 Å². The number of imide groups is 1. The Labute approximate surface area is 231 Å². The number of carbonyl (C=O) groups is 5. The number of carbonyl (C=O) groups excluding carboxylic acids is 5. The molecule has 2 fully saturated rings. The molecule has 3 amide bonds. The van der Waals surface area contributed by atoms with Crippen molar-refractivity contribution >= 4 is 69.8 Å². The predicted octanol–water partition coefficient (Wildman–Crippen LogP) is 4.56. The summed E-state index contributed by atoms with van der Waals surface area (Å²) < 4.78 is 14.7. The van der Waals surface area contributed by atoms with E-state index in [0.717, 1.165) is 6.07 Å². The lowest BCUT2D eigenvalue weighted by Gasteiger charge is -2.29. The van der Waals surface area contributed by atoms with Crippen LogP contribution in [0.15, 0.2) is 36.0 Å². The average molecular weight is 579 g/mol. The summed E-state index contributed by atoms with van der Waals surface area (Å²) in [5.41, 5.74) is 1.29. The lowest BCUT2D eigenvalue weighted by atomic mass is 9.80. The van der Waals surface area contributed by atoms with E-state index in [4.69, 9.17) is 34.8 Å². The normalized spacial score (nSPS) is 21.5. The first kappa shape index (κ1) is 26.3. The molecule has 0 radical (unpaired) electrons. The van der Waals surface area contributed by atoms with Gasteiger partial charge in [-0.15, -0.1) is 0 Å². The summed E-state index contributed by atoms with van der Waals surface area (Å²) in [7, 11) is 0. The first-order chi connectivity index (χ1) is 18.1. The minimum atomic E-state index is -0.823. The molecule has 1 aliphatic carbocycles. The molecule has 5 rings (SSSR count). The molecule has 2 aromatic rings. The number of rotatable bonds is 4. The molecule has 0 bridgehead atoms. The van der Waals surface area contributed by atoms with E-state index < -0.39 is 35.3 Å². The van der Waals surface area contributed by atoms with Crippen LogP contribution in [0.3, 0.4) is 0 Å². The fourth-order valence-electron chi connectivity index (χ4n) is 5.08. The van der Waals surface area contributed by atoms with Gasteiger partial charge in [0.15, 0.2) is 11.6 Å². The van der Waals surface area contributed by atoms with E-state index in [9.17, 15) is 28.4 Å². The van der Waals surface area contributed by atoms with Gasteiger partial charge in [0.25, 0.3) is 5.91 Å². The third-order valence-corrected chi connectivity index (χ3v) is 8.05. The molecule has 38 heavy (non-hydrogen) atoms. The first-order valence-corrected chi connectivity index (χ1v) is 12.8. The Bertz CT molecular complexity index is 1430. The van der Waals surface area contributed by atoms with Gasteiger partial charge in [0.05, 0.1) is 20.6 Å². The van der Waals surface area contributed by atoms with Crippen LogP contribution in [0.5, 0.6) is 0 Å². The van der Waals surface area contributed by atoms with Gasteiger partial charge < -0.3 is 10.2 Å². The molecule has 8 nitrogen and oxygen atoms in total. The summed E-state index contributed by atoms with van der Waals surface area (Å²) in [6.45, 7) is 0.115. The van der Waals surface area contributed by atoms with Gasteiger partial charge >= 0.3 is 0 Å². The second kappa shape index (κ2) is 10.1. The van der Waals surface area contributed by atoms with Crippen LogP contribution in [0.1, 0.15) is 53.1 Å². The van der Waals surface area contributed by atoms with Crippen molar-refractivity contribution in [1.29, 1.82) is 0 Å². The predicted molar refractivity (Wildman–Crippen MR) is 138 cm³/mol. The van der Waals surface area contributed by atoms with Crippen LogP contribution >= 0.6 is 34.8 Å². The second-order valence-corrected chi connectivity index (χ2v) is 10.5. The molecular formula is C26H19Cl3FN3O5. The van der Waals surface area contributed by atoms with Crippen molar-refractivity contribution in [2.24, 2.45) is 0 Å². The number of hydrogen-bond donors (Lipinski definition) is 2. The SMILES string of the molecule is O=C1CCC(N2Cc3c(NC=C4C(=O)CC(c5c(F)c(Cl)cc(Cl)c5Cl)CC4=O)cccc3C2=O)C(=O)N1. The van der Waals surface area contributed by atoms with Gasteiger partial charge in [-0.3, -0.25) is 29.3 Å². The fraction of sp³-hybridized carbons (Fsp3) is 0.269. The van der Waals surface area contributed by atoms with Crippen LogP contribution in [-0.2, 0) is 25.7 Å². The van der Waals surface area contributed by atoms with Crippen LogP contribution in [-0.4, -0.2) is 40.2 Å². The van der Waals surface area contributed by atoms with Crippen molar-refractivity contribution in [3.63, 3.8) is 0 Å². The molecule has 0 spiro atoms. The van der Waals surface area contributed by atoms with Gasteiger partial charge in [-0.25, -0.2) is 4.39 Å². The summed E-state index contributed by atoms with van der Waals surface area (Å²) >= 11 is 18.1. The molecule has 0 aromatic heterocycles. The zero-order valence-electron chi connectivity index (χ0n) is 19.6. The number of piperidine rings is 1. The van der Waals surface area contributed by atoms with Crippen LogP contribution in [0, 0.1) is 5.82 Å². The molecule has 3 aliphatic rings. The number of anilines is 1. The Morgan fingerprint density at radius 1 is 1.03 bits per heavy atom. The summed E-state index contributed by atoms with van der Waals surface area (Å²) in [6, 6.07) is 5.33. The minimum Gasteiger partial charge on any atom is -0.361 e. The largest absolute Gasteiger partial charge is 0.361 e. The molecule has 1 unspecified atom stereocenters. The third-order valence-electron chi connectivity index (χ3n) is 6.97. The number of nitrogens with zero attached hydrogens (tertiary/aromatic N) is 1. The van der Waals surface area contributed by atoms with Crippen LogP contribution in [0.25, 0.3) is 0 Å². The zero-order valence-corrected chi connectivity index (χ0v) is 21.8. The van der Waals surface area contributed by atoms with Gasteiger partial charge in [-0.1, -0.05) is 40.9 Å². The van der Waals surface area contributed by atoms with E-state index in [2.05, 4.69) is 10.6 Å². The quantitative estimate of drug-likeness (QED) is 0.238. The molecule has 1 saturated heterocycles. The highest BCUT2D eigenvalue weighted by Gasteiger charge is 2.40. The smallest absolute Gasteiger partial charge is 0.255 e. The third kappa shape index (κ3) is 4.59. The summed E-state index contributed by atoms with van der Waals surface area (Å²) in [5.74, 6) is -3.92. The van der Waals surface area contributed by atoms with Gasteiger partial charge in [0, 0.05) is 60.3 Å². The van der Waals surface area contributed by atoms with Crippen molar-refractivity contribution in [2.75, 3.05) is 5.32 Å². The molecule has 2 N–H and O–H groups in total. The zero-order chi connectivity index (χ0) is 27.3. The molecule has 1 saturated carbocycles. The number of fused-ring (bicyclic) bond motifs is 1. The highest BCUT2D eigenvalue weighted by molar-refractivity contribution is 6.44. The highest BCUT2D eigenvalue weighted by atomic mass is 35.5. The Kier molecular flexibility index (Phi) is 7.02. The number of halogens is 4. The van der Waals surface area contributed by atoms with Crippen LogP contribution in [0.2, 0.25) is 15.1 Å². The molecule has 2 aromatic carbocycles. The van der Waals surface area contributed by atoms with Crippen molar-refractivity contribution in [2.45, 2.75) is 44.2 Å². The van der Waals surface area contributed by atoms with Gasteiger partial charge in [-0.2, -0.15) is 0 Å².